The van der Waals surface area contributed by atoms with Crippen molar-refractivity contribution >= 4 is 11.7 Å². The number of halogens is 2. The van der Waals surface area contributed by atoms with Gasteiger partial charge in [-0.25, -0.2) is 13.8 Å². The molecule has 1 aromatic heterocycles. The van der Waals surface area contributed by atoms with Crippen molar-refractivity contribution < 1.29 is 23.0 Å². The fourth-order valence-corrected chi connectivity index (χ4v) is 3.56. The number of hydrogen-bond donors (Lipinski definition) is 1. The Morgan fingerprint density at radius 1 is 1.00 bits per heavy atom. The number of anilines is 1. The van der Waals surface area contributed by atoms with Gasteiger partial charge in [-0.3, -0.25) is 4.79 Å². The topological polar surface area (TPSA) is 60.5 Å². The van der Waals surface area contributed by atoms with Crippen molar-refractivity contribution in [3.63, 3.8) is 0 Å². The lowest BCUT2D eigenvalue weighted by Gasteiger charge is -2.16. The maximum absolute atomic E-state index is 14.1. The van der Waals surface area contributed by atoms with Gasteiger partial charge in [-0.15, -0.1) is 0 Å². The number of rotatable bonds is 4. The molecule has 0 unspecified atom stereocenters. The minimum atomic E-state index is -0.970. The first-order valence-corrected chi connectivity index (χ1v) is 9.20. The molecule has 1 saturated carbocycles. The summed E-state index contributed by atoms with van der Waals surface area (Å²) in [5.74, 6) is -0.537. The van der Waals surface area contributed by atoms with Gasteiger partial charge in [0.25, 0.3) is 0 Å². The molecule has 0 atom stereocenters. The average Bonchev–Trinajstić information content (AvgIpc) is 3.41. The number of ether oxygens (including phenoxy) is 2. The van der Waals surface area contributed by atoms with Gasteiger partial charge in [-0.1, -0.05) is 18.2 Å². The molecule has 1 fully saturated rings. The van der Waals surface area contributed by atoms with Crippen molar-refractivity contribution in [3.8, 4) is 22.8 Å². The summed E-state index contributed by atoms with van der Waals surface area (Å²) in [7, 11) is 0. The minimum absolute atomic E-state index is 0.0398. The molecule has 5 nitrogen and oxygen atoms in total. The highest BCUT2D eigenvalue weighted by molar-refractivity contribution is 6.01. The zero-order chi connectivity index (χ0) is 20.0. The molecule has 1 aliphatic carbocycles. The quantitative estimate of drug-likeness (QED) is 0.711. The first-order chi connectivity index (χ1) is 14.1. The van der Waals surface area contributed by atoms with Crippen LogP contribution in [-0.2, 0) is 10.2 Å². The van der Waals surface area contributed by atoms with E-state index < -0.39 is 17.0 Å². The van der Waals surface area contributed by atoms with Crippen molar-refractivity contribution in [3.05, 3.63) is 71.8 Å². The number of carbonyl (C=O) groups excluding carboxylic acids is 1. The van der Waals surface area contributed by atoms with Crippen molar-refractivity contribution in [1.82, 2.24) is 4.98 Å². The molecule has 2 heterocycles. The molecule has 0 saturated heterocycles. The van der Waals surface area contributed by atoms with E-state index in [0.29, 0.717) is 24.3 Å². The molecule has 2 aromatic carbocycles. The second-order valence-electron chi connectivity index (χ2n) is 7.11. The van der Waals surface area contributed by atoms with Crippen LogP contribution in [0, 0.1) is 11.6 Å². The van der Waals surface area contributed by atoms with Gasteiger partial charge in [-0.05, 0) is 54.8 Å². The number of nitrogens with zero attached hydrogens (tertiary/aromatic N) is 1. The molecule has 29 heavy (non-hydrogen) atoms. The molecular formula is C22H16F2N2O3. The van der Waals surface area contributed by atoms with Gasteiger partial charge >= 0.3 is 0 Å². The van der Waals surface area contributed by atoms with E-state index in [1.807, 2.05) is 12.1 Å². The Hall–Kier alpha value is -3.48. The van der Waals surface area contributed by atoms with Crippen LogP contribution in [0.4, 0.5) is 14.6 Å². The molecule has 5 rings (SSSR count). The predicted molar refractivity (Wildman–Crippen MR) is 102 cm³/mol. The Balaban J connectivity index is 1.41. The Labute approximate surface area is 165 Å². The fourth-order valence-electron chi connectivity index (χ4n) is 3.56. The molecule has 3 aromatic rings. The highest BCUT2D eigenvalue weighted by Gasteiger charge is 2.51. The van der Waals surface area contributed by atoms with Gasteiger partial charge in [0.15, 0.2) is 23.1 Å². The summed E-state index contributed by atoms with van der Waals surface area (Å²) >= 11 is 0. The number of hydrogen-bond acceptors (Lipinski definition) is 4. The number of nitrogens with one attached hydrogen (secondary N) is 1. The molecular weight excluding hydrogens is 378 g/mol. The van der Waals surface area contributed by atoms with Crippen LogP contribution < -0.4 is 14.8 Å². The molecule has 7 heteroatoms. The standard InChI is InChI=1S/C22H16F2N2O3/c23-15-4-1-3-14(20(15)24)16-5-2-6-19(25-16)26-21(27)22(9-10-22)13-7-8-17-18(11-13)29-12-28-17/h1-8,11H,9-10,12H2,(H,25,26,27). The highest BCUT2D eigenvalue weighted by atomic mass is 19.2. The van der Waals surface area contributed by atoms with Gasteiger partial charge < -0.3 is 14.8 Å². The smallest absolute Gasteiger partial charge is 0.236 e. The Morgan fingerprint density at radius 2 is 1.79 bits per heavy atom. The van der Waals surface area contributed by atoms with Gasteiger partial charge in [-0.2, -0.15) is 0 Å². The van der Waals surface area contributed by atoms with Crippen molar-refractivity contribution in [1.29, 1.82) is 0 Å². The molecule has 0 spiro atoms. The summed E-state index contributed by atoms with van der Waals surface area (Å²) in [6.07, 6.45) is 1.41. The summed E-state index contributed by atoms with van der Waals surface area (Å²) < 4.78 is 38.4. The van der Waals surface area contributed by atoms with E-state index >= 15 is 0 Å². The first kappa shape index (κ1) is 17.6. The van der Waals surface area contributed by atoms with Gasteiger partial charge in [0.1, 0.15) is 5.82 Å². The van der Waals surface area contributed by atoms with Gasteiger partial charge in [0.05, 0.1) is 11.1 Å². The van der Waals surface area contributed by atoms with Crippen LogP contribution in [0.3, 0.4) is 0 Å². The SMILES string of the molecule is O=C(Nc1cccc(-c2cccc(F)c2F)n1)C1(c2ccc3c(c2)OCO3)CC1. The van der Waals surface area contributed by atoms with Crippen LogP contribution in [0.25, 0.3) is 11.3 Å². The van der Waals surface area contributed by atoms with Crippen molar-refractivity contribution in [2.75, 3.05) is 12.1 Å². The zero-order valence-corrected chi connectivity index (χ0v) is 15.2. The van der Waals surface area contributed by atoms with Crippen LogP contribution in [0.5, 0.6) is 11.5 Å². The Kier molecular flexibility index (Phi) is 3.97. The number of amides is 1. The minimum Gasteiger partial charge on any atom is -0.454 e. The summed E-state index contributed by atoms with van der Waals surface area (Å²) in [5, 5.41) is 2.82. The van der Waals surface area contributed by atoms with Crippen molar-refractivity contribution in [2.45, 2.75) is 18.3 Å². The van der Waals surface area contributed by atoms with Crippen LogP contribution >= 0.6 is 0 Å². The van der Waals surface area contributed by atoms with E-state index in [4.69, 9.17) is 9.47 Å². The van der Waals surface area contributed by atoms with E-state index in [9.17, 15) is 13.6 Å². The zero-order valence-electron chi connectivity index (χ0n) is 15.2. The summed E-state index contributed by atoms with van der Waals surface area (Å²) in [4.78, 5) is 17.3. The second kappa shape index (κ2) is 6.55. The normalized spacial score (nSPS) is 15.8. The van der Waals surface area contributed by atoms with E-state index in [0.717, 1.165) is 11.6 Å². The predicted octanol–water partition coefficient (Wildman–Crippen LogP) is 4.43. The number of carbonyl (C=O) groups is 1. The van der Waals surface area contributed by atoms with Crippen LogP contribution in [-0.4, -0.2) is 17.7 Å². The van der Waals surface area contributed by atoms with E-state index in [1.54, 1.807) is 24.3 Å². The van der Waals surface area contributed by atoms with E-state index in [2.05, 4.69) is 10.3 Å². The van der Waals surface area contributed by atoms with Crippen LogP contribution in [0.15, 0.2) is 54.6 Å². The molecule has 1 aliphatic heterocycles. The van der Waals surface area contributed by atoms with Crippen molar-refractivity contribution in [2.24, 2.45) is 0 Å². The van der Waals surface area contributed by atoms with E-state index in [1.165, 1.54) is 12.1 Å². The monoisotopic (exact) mass is 394 g/mol. The third kappa shape index (κ3) is 2.99. The number of aromatic nitrogens is 1. The lowest BCUT2D eigenvalue weighted by Crippen LogP contribution is -2.28. The van der Waals surface area contributed by atoms with E-state index in [-0.39, 0.29) is 29.8 Å². The number of fused-ring (bicyclic) bond motifs is 1. The van der Waals surface area contributed by atoms with Gasteiger partial charge in [0, 0.05) is 5.56 Å². The summed E-state index contributed by atoms with van der Waals surface area (Å²) in [6.45, 7) is 0.172. The largest absolute Gasteiger partial charge is 0.454 e. The van der Waals surface area contributed by atoms with Gasteiger partial charge in [0.2, 0.25) is 12.7 Å². The maximum Gasteiger partial charge on any atom is 0.236 e. The lowest BCUT2D eigenvalue weighted by atomic mass is 9.94. The van der Waals surface area contributed by atoms with Crippen LogP contribution in [0.1, 0.15) is 18.4 Å². The Morgan fingerprint density at radius 3 is 2.62 bits per heavy atom. The third-order valence-electron chi connectivity index (χ3n) is 5.33. The molecule has 0 radical (unpaired) electrons. The first-order valence-electron chi connectivity index (χ1n) is 9.20. The summed E-state index contributed by atoms with van der Waals surface area (Å²) in [5.41, 5.74) is 0.486. The second-order valence-corrected chi connectivity index (χ2v) is 7.11. The number of pyridine rings is 1. The average molecular weight is 394 g/mol. The number of benzene rings is 2. The lowest BCUT2D eigenvalue weighted by molar-refractivity contribution is -0.118. The molecule has 146 valence electrons. The molecule has 1 N–H and O–H groups in total. The molecule has 1 amide bonds. The molecule has 2 aliphatic rings. The highest BCUT2D eigenvalue weighted by Crippen LogP contribution is 2.51. The van der Waals surface area contributed by atoms with Crippen LogP contribution in [0.2, 0.25) is 0 Å². The maximum atomic E-state index is 14.1. The summed E-state index contributed by atoms with van der Waals surface area (Å²) in [6, 6.07) is 14.2. The molecule has 0 bridgehead atoms. The Bertz CT molecular complexity index is 1130. The third-order valence-corrected chi connectivity index (χ3v) is 5.33. The fraction of sp³-hybridized carbons (Fsp3) is 0.182.